The highest BCUT2D eigenvalue weighted by molar-refractivity contribution is 6.31. The summed E-state index contributed by atoms with van der Waals surface area (Å²) in [6.07, 6.45) is 5.00. The molecule has 2 aromatic carbocycles. The van der Waals surface area contributed by atoms with Crippen molar-refractivity contribution in [3.8, 4) is 0 Å². The molecule has 8 nitrogen and oxygen atoms in total. The summed E-state index contributed by atoms with van der Waals surface area (Å²) in [5.74, 6) is -1.40. The molecule has 0 radical (unpaired) electrons. The number of rotatable bonds is 9. The fourth-order valence-electron chi connectivity index (χ4n) is 5.92. The highest BCUT2D eigenvalue weighted by Gasteiger charge is 2.38. The van der Waals surface area contributed by atoms with E-state index in [1.807, 2.05) is 58.9 Å². The lowest BCUT2D eigenvalue weighted by atomic mass is 9.77. The van der Waals surface area contributed by atoms with Crippen molar-refractivity contribution in [1.29, 1.82) is 0 Å². The van der Waals surface area contributed by atoms with Crippen molar-refractivity contribution in [2.24, 2.45) is 0 Å². The SMILES string of the molecule is CCc1cc(C(CC)(NC=O)c2cc(C)c(N3C(=O)C=C(C)C3=O)c(CC)c2)cc(C)c1N1C(=O)C=C(C)C1=O. The largest absolute Gasteiger partial charge is 0.345 e. The van der Waals surface area contributed by atoms with Crippen LogP contribution in [0.3, 0.4) is 0 Å². The van der Waals surface area contributed by atoms with Crippen LogP contribution in [0.15, 0.2) is 47.6 Å². The second-order valence-corrected chi connectivity index (χ2v) is 10.4. The summed E-state index contributed by atoms with van der Waals surface area (Å²) in [7, 11) is 0. The Labute approximate surface area is 234 Å². The topological polar surface area (TPSA) is 104 Å². The summed E-state index contributed by atoms with van der Waals surface area (Å²) in [4.78, 5) is 65.6. The Hall–Kier alpha value is -4.33. The van der Waals surface area contributed by atoms with Crippen molar-refractivity contribution in [3.05, 3.63) is 80.9 Å². The first-order chi connectivity index (χ1) is 18.9. The van der Waals surface area contributed by atoms with Gasteiger partial charge in [0.1, 0.15) is 0 Å². The Kier molecular flexibility index (Phi) is 7.65. The van der Waals surface area contributed by atoms with Gasteiger partial charge >= 0.3 is 0 Å². The van der Waals surface area contributed by atoms with E-state index in [1.165, 1.54) is 22.0 Å². The summed E-state index contributed by atoms with van der Waals surface area (Å²) in [5.41, 5.74) is 5.70. The van der Waals surface area contributed by atoms with Gasteiger partial charge < -0.3 is 5.32 Å². The molecule has 4 rings (SSSR count). The number of hydrogen-bond donors (Lipinski definition) is 1. The van der Waals surface area contributed by atoms with E-state index in [1.54, 1.807) is 13.8 Å². The molecule has 8 heteroatoms. The quantitative estimate of drug-likeness (QED) is 0.373. The lowest BCUT2D eigenvalue weighted by Crippen LogP contribution is -2.43. The van der Waals surface area contributed by atoms with E-state index in [9.17, 15) is 24.0 Å². The fraction of sp³-hybridized carbons (Fsp3) is 0.344. The molecule has 2 aliphatic rings. The average molecular weight is 542 g/mol. The molecule has 0 fully saturated rings. The number of hydrogen-bond acceptors (Lipinski definition) is 5. The molecule has 0 atom stereocenters. The van der Waals surface area contributed by atoms with Crippen LogP contribution in [0.25, 0.3) is 0 Å². The zero-order valence-corrected chi connectivity index (χ0v) is 24.1. The first-order valence-corrected chi connectivity index (χ1v) is 13.6. The van der Waals surface area contributed by atoms with Gasteiger partial charge in [0.15, 0.2) is 0 Å². The lowest BCUT2D eigenvalue weighted by Gasteiger charge is -2.36. The second kappa shape index (κ2) is 10.7. The summed E-state index contributed by atoms with van der Waals surface area (Å²) >= 11 is 0. The van der Waals surface area contributed by atoms with Gasteiger partial charge in [-0.3, -0.25) is 24.0 Å². The minimum Gasteiger partial charge on any atom is -0.345 e. The molecule has 208 valence electrons. The summed E-state index contributed by atoms with van der Waals surface area (Å²) in [6.45, 7) is 12.9. The van der Waals surface area contributed by atoms with Crippen molar-refractivity contribution >= 4 is 41.4 Å². The van der Waals surface area contributed by atoms with Crippen LogP contribution in [0.5, 0.6) is 0 Å². The molecule has 2 heterocycles. The number of carbonyl (C=O) groups excluding carboxylic acids is 5. The van der Waals surface area contributed by atoms with Crippen LogP contribution < -0.4 is 15.1 Å². The van der Waals surface area contributed by atoms with Gasteiger partial charge in [0.2, 0.25) is 6.41 Å². The van der Waals surface area contributed by atoms with Gasteiger partial charge in [-0.2, -0.15) is 0 Å². The van der Waals surface area contributed by atoms with Crippen molar-refractivity contribution in [2.75, 3.05) is 9.80 Å². The van der Waals surface area contributed by atoms with E-state index in [0.29, 0.717) is 48.2 Å². The first-order valence-electron chi connectivity index (χ1n) is 13.6. The van der Waals surface area contributed by atoms with Crippen LogP contribution in [0.1, 0.15) is 74.4 Å². The zero-order valence-electron chi connectivity index (χ0n) is 24.1. The number of amides is 5. The molecule has 40 heavy (non-hydrogen) atoms. The van der Waals surface area contributed by atoms with Gasteiger partial charge in [-0.15, -0.1) is 0 Å². The molecule has 0 aromatic heterocycles. The minimum absolute atomic E-state index is 0.335. The summed E-state index contributed by atoms with van der Waals surface area (Å²) in [5, 5.41) is 3.07. The van der Waals surface area contributed by atoms with Crippen LogP contribution in [0, 0.1) is 13.8 Å². The fourth-order valence-corrected chi connectivity index (χ4v) is 5.92. The monoisotopic (exact) mass is 541 g/mol. The molecule has 2 aromatic rings. The zero-order chi connectivity index (χ0) is 29.5. The molecular weight excluding hydrogens is 506 g/mol. The van der Waals surface area contributed by atoms with Crippen LogP contribution >= 0.6 is 0 Å². The first kappa shape index (κ1) is 28.7. The molecule has 1 N–H and O–H groups in total. The molecule has 0 bridgehead atoms. The van der Waals surface area contributed by atoms with Gasteiger partial charge in [0, 0.05) is 23.3 Å². The molecule has 0 saturated heterocycles. The maximum Gasteiger partial charge on any atom is 0.261 e. The molecule has 5 amide bonds. The molecule has 0 unspecified atom stereocenters. The number of nitrogens with zero attached hydrogens (tertiary/aromatic N) is 2. The number of anilines is 2. The van der Waals surface area contributed by atoms with Gasteiger partial charge in [0.25, 0.3) is 23.6 Å². The molecule has 0 spiro atoms. The number of carbonyl (C=O) groups is 5. The Morgan fingerprint density at radius 2 is 1.10 bits per heavy atom. The van der Waals surface area contributed by atoms with Gasteiger partial charge in [-0.05, 0) is 80.3 Å². The Bertz CT molecular complexity index is 1430. The Morgan fingerprint density at radius 3 is 1.38 bits per heavy atom. The standard InChI is InChI=1S/C32H35N3O5/c1-8-22-15-24(11-18(4)28(22)34-26(37)13-20(6)30(34)39)32(10-3,33-17-36)25-12-19(5)29(23(9-2)16-25)35-27(38)14-21(7)31(35)40/h11-17H,8-10H2,1-7H3,(H,33,36). The number of nitrogens with one attached hydrogen (secondary N) is 1. The second-order valence-electron chi connectivity index (χ2n) is 10.4. The molecular formula is C32H35N3O5. The smallest absolute Gasteiger partial charge is 0.261 e. The maximum absolute atomic E-state index is 12.8. The third kappa shape index (κ3) is 4.37. The lowest BCUT2D eigenvalue weighted by molar-refractivity contribution is -0.121. The van der Waals surface area contributed by atoms with E-state index in [0.717, 1.165) is 33.4 Å². The van der Waals surface area contributed by atoms with Crippen molar-refractivity contribution in [1.82, 2.24) is 5.32 Å². The third-order valence-electron chi connectivity index (χ3n) is 7.99. The van der Waals surface area contributed by atoms with Crippen LogP contribution in [-0.4, -0.2) is 30.0 Å². The van der Waals surface area contributed by atoms with E-state index in [-0.39, 0.29) is 23.6 Å². The van der Waals surface area contributed by atoms with Crippen molar-refractivity contribution < 1.29 is 24.0 Å². The van der Waals surface area contributed by atoms with Crippen LogP contribution in [-0.2, 0) is 42.4 Å². The third-order valence-corrected chi connectivity index (χ3v) is 7.99. The van der Waals surface area contributed by atoms with Gasteiger partial charge in [0.05, 0.1) is 16.9 Å². The summed E-state index contributed by atoms with van der Waals surface area (Å²) in [6, 6.07) is 7.73. The number of benzene rings is 2. The predicted molar refractivity (Wildman–Crippen MR) is 154 cm³/mol. The van der Waals surface area contributed by atoms with E-state index in [2.05, 4.69) is 5.32 Å². The van der Waals surface area contributed by atoms with Crippen LogP contribution in [0.2, 0.25) is 0 Å². The number of imide groups is 2. The normalized spacial score (nSPS) is 15.7. The van der Waals surface area contributed by atoms with Gasteiger partial charge in [-0.1, -0.05) is 45.0 Å². The highest BCUT2D eigenvalue weighted by atomic mass is 16.2. The van der Waals surface area contributed by atoms with Crippen LogP contribution in [0.4, 0.5) is 11.4 Å². The highest BCUT2D eigenvalue weighted by Crippen LogP contribution is 2.41. The molecule has 0 saturated carbocycles. The summed E-state index contributed by atoms with van der Waals surface area (Å²) < 4.78 is 0. The van der Waals surface area contributed by atoms with E-state index < -0.39 is 5.54 Å². The van der Waals surface area contributed by atoms with Crippen molar-refractivity contribution in [3.63, 3.8) is 0 Å². The Balaban J connectivity index is 1.92. The molecule has 0 aliphatic carbocycles. The maximum atomic E-state index is 12.8. The average Bonchev–Trinajstić information content (AvgIpc) is 3.32. The van der Waals surface area contributed by atoms with Crippen molar-refractivity contribution in [2.45, 2.75) is 73.3 Å². The van der Waals surface area contributed by atoms with E-state index in [4.69, 9.17) is 0 Å². The Morgan fingerprint density at radius 1 is 0.700 bits per heavy atom. The van der Waals surface area contributed by atoms with Gasteiger partial charge in [-0.25, -0.2) is 9.80 Å². The minimum atomic E-state index is -0.942. The van der Waals surface area contributed by atoms with E-state index >= 15 is 0 Å². The molecule has 2 aliphatic heterocycles. The predicted octanol–water partition coefficient (Wildman–Crippen LogP) is 4.47. The number of aryl methyl sites for hydroxylation is 4.